The number of rotatable bonds is 39. The van der Waals surface area contributed by atoms with Crippen LogP contribution in [0.25, 0.3) is 11.1 Å². The van der Waals surface area contributed by atoms with E-state index in [-0.39, 0.29) is 144 Å². The molecule has 2 fully saturated rings. The van der Waals surface area contributed by atoms with Crippen LogP contribution in [0.15, 0.2) is 274 Å². The molecule has 0 heterocycles. The van der Waals surface area contributed by atoms with Gasteiger partial charge in [0.25, 0.3) is 0 Å². The summed E-state index contributed by atoms with van der Waals surface area (Å²) in [4.78, 5) is 0.414. The maximum absolute atomic E-state index is 13.0. The van der Waals surface area contributed by atoms with Crippen molar-refractivity contribution in [2.45, 2.75) is 121 Å². The molecule has 2 saturated carbocycles. The fourth-order valence-corrected chi connectivity index (χ4v) is 25.3. The number of fused-ring (bicyclic) bond motifs is 3. The number of hydrogen-bond donors (Lipinski definition) is 12. The number of benzene rings is 11. The maximum atomic E-state index is 13.0. The van der Waals surface area contributed by atoms with E-state index in [1.807, 2.05) is 60.7 Å². The number of para-hydroxylation sites is 2. The third-order valence-corrected chi connectivity index (χ3v) is 31.9. The lowest BCUT2D eigenvalue weighted by Gasteiger charge is -2.37. The summed E-state index contributed by atoms with van der Waals surface area (Å²) in [5.74, 6) is 9.09. The van der Waals surface area contributed by atoms with Gasteiger partial charge < -0.3 is 110 Å². The van der Waals surface area contributed by atoms with Crippen molar-refractivity contribution < 1.29 is 115 Å². The topological polar surface area (TPSA) is 415 Å². The molecule has 7 unspecified atom stereocenters. The number of methoxy groups -OCH3 is 1. The van der Waals surface area contributed by atoms with Gasteiger partial charge in [0, 0.05) is 17.5 Å². The van der Waals surface area contributed by atoms with Crippen LogP contribution in [0.1, 0.15) is 106 Å². The zero-order chi connectivity index (χ0) is 103. The van der Waals surface area contributed by atoms with Gasteiger partial charge in [-0.1, -0.05) is 113 Å². The molecule has 36 heteroatoms. The van der Waals surface area contributed by atoms with Crippen LogP contribution in [0, 0.1) is 23.7 Å². The first-order chi connectivity index (χ1) is 67.6. The van der Waals surface area contributed by atoms with Gasteiger partial charge >= 0.3 is 0 Å². The summed E-state index contributed by atoms with van der Waals surface area (Å²) in [7, 11) is -5.91. The minimum Gasteiger partial charge on any atom is -0.493 e. The van der Waals surface area contributed by atoms with E-state index in [0.717, 1.165) is 75.3 Å². The molecule has 141 heavy (non-hydrogen) atoms. The number of sulfone groups is 2. The quantitative estimate of drug-likeness (QED) is 0.0170. The fourth-order valence-electron chi connectivity index (χ4n) is 16.5. The predicted molar refractivity (Wildman–Crippen MR) is 573 cm³/mol. The molecule has 0 radical (unpaired) electrons. The number of hydrogen-bond acceptors (Lipinski definition) is 26. The van der Waals surface area contributed by atoms with Gasteiger partial charge in [-0.05, 0) is 374 Å². The van der Waals surface area contributed by atoms with Crippen LogP contribution in [0.5, 0.6) is 57.5 Å². The molecule has 3 aliphatic rings. The standard InChI is InChI=1S/C29H26O4.C19H20Br4O4.C16H14Br4O6S.C16H18O6S.C15H30N2.C10H14O4/c30-17-19-32-23-13-9-21(10-14-23)29(22-11-15-24(16-12-22)33-20-18-31)27-7-3-1-5-25(27)26-6-2-4-8-28(26)29;1-19(2,11-7-13(20)17(14(21)8-11)26-5-3-24)12-9-15(22)18(16(23)10-12)27-6-4-25;17-11-5-9(6-12(18)15(11)25-3-1-21)27(23,24)10-7-13(19)16(14(20)8-10)26-4-2-22;17-9-11-21-13-1-5-15(6-2-13)23(19,20)16-7-3-14(4-8-16)22-12-10-18;1-10-7-12(3-5-14(10)16)9-13-4-6-15(17)11(2)8-13;1-13-9-4-2-3-5-10(9)14-7-8(12)6-11/h1-16,30-31H,17-20H2;7-10,24-25H,3-6H2,1-2H3;5-8,21-22H,1-4H2;1-8,17-18H,9-12H2;10-15H,3-9,16-17H2,1-2H3;2-5,8,11-12H,6-7H2,1H3. The average molecular weight is 2500 g/mol. The Labute approximate surface area is 892 Å². The highest BCUT2D eigenvalue weighted by molar-refractivity contribution is 9.12. The molecule has 0 aromatic heterocycles. The Bertz CT molecular complexity index is 5580. The van der Waals surface area contributed by atoms with Crippen LogP contribution in [-0.4, -0.2) is 212 Å². The van der Waals surface area contributed by atoms with Crippen molar-refractivity contribution in [2.75, 3.05) is 126 Å². The van der Waals surface area contributed by atoms with E-state index >= 15 is 0 Å². The monoisotopic (exact) mass is 2490 g/mol. The van der Waals surface area contributed by atoms with Crippen LogP contribution in [-0.2, 0) is 30.5 Å². The van der Waals surface area contributed by atoms with Crippen LogP contribution in [0.3, 0.4) is 0 Å². The summed E-state index contributed by atoms with van der Waals surface area (Å²) in [5.41, 5.74) is 20.8. The fraction of sp³-hybridized carbons (Fsp3) is 0.371. The van der Waals surface area contributed by atoms with Crippen LogP contribution in [0.2, 0.25) is 0 Å². The molecular weight excluding hydrogens is 2380 g/mol. The lowest BCUT2D eigenvalue weighted by molar-refractivity contribution is 0.0527. The van der Waals surface area contributed by atoms with E-state index < -0.39 is 31.2 Å². The van der Waals surface area contributed by atoms with Gasteiger partial charge in [-0.25, -0.2) is 16.8 Å². The van der Waals surface area contributed by atoms with E-state index in [1.165, 1.54) is 116 Å². The normalized spacial score (nSPS) is 16.3. The predicted octanol–water partition coefficient (Wildman–Crippen LogP) is 19.5. The van der Waals surface area contributed by atoms with Crippen molar-refractivity contribution in [3.63, 3.8) is 0 Å². The summed E-state index contributed by atoms with van der Waals surface area (Å²) in [6, 6.07) is 67.4. The number of halogens is 8. The van der Waals surface area contributed by atoms with Gasteiger partial charge in [0.1, 0.15) is 112 Å². The van der Waals surface area contributed by atoms with E-state index in [0.29, 0.717) is 76.0 Å². The number of aliphatic hydroxyl groups is 10. The highest BCUT2D eigenvalue weighted by Gasteiger charge is 2.46. The Morgan fingerprint density at radius 3 is 0.936 bits per heavy atom. The zero-order valence-corrected chi connectivity index (χ0v) is 93.0. The van der Waals surface area contributed by atoms with E-state index in [2.05, 4.69) is 228 Å². The molecule has 0 bridgehead atoms. The van der Waals surface area contributed by atoms with Crippen molar-refractivity contribution in [1.82, 2.24) is 0 Å². The Kier molecular flexibility index (Phi) is 48.5. The van der Waals surface area contributed by atoms with Gasteiger partial charge in [-0.3, -0.25) is 0 Å². The molecule has 14 N–H and O–H groups in total. The van der Waals surface area contributed by atoms with E-state index in [4.69, 9.17) is 110 Å². The van der Waals surface area contributed by atoms with Crippen molar-refractivity contribution in [2.24, 2.45) is 35.1 Å². The van der Waals surface area contributed by atoms with E-state index in [9.17, 15) is 16.8 Å². The van der Waals surface area contributed by atoms with Crippen molar-refractivity contribution in [3.05, 3.63) is 288 Å². The van der Waals surface area contributed by atoms with Gasteiger partial charge in [0.15, 0.2) is 11.5 Å². The van der Waals surface area contributed by atoms with Gasteiger partial charge in [-0.2, -0.15) is 0 Å². The Hall–Kier alpha value is -7.32. The second kappa shape index (κ2) is 58.3. The van der Waals surface area contributed by atoms with Gasteiger partial charge in [-0.15, -0.1) is 0 Å². The second-order valence-electron chi connectivity index (χ2n) is 33.7. The molecular formula is C105H122Br8N2O24S2. The van der Waals surface area contributed by atoms with Crippen LogP contribution in [0.4, 0.5) is 0 Å². The first kappa shape index (κ1) is 117. The molecule has 11 aromatic carbocycles. The van der Waals surface area contributed by atoms with E-state index in [1.54, 1.807) is 43.5 Å². The lowest BCUT2D eigenvalue weighted by Crippen LogP contribution is -2.37. The van der Waals surface area contributed by atoms with Crippen LogP contribution < -0.4 is 58.8 Å². The van der Waals surface area contributed by atoms with Crippen molar-refractivity contribution in [3.8, 4) is 68.6 Å². The van der Waals surface area contributed by atoms with Gasteiger partial charge in [0.05, 0.1) is 127 Å². The third-order valence-electron chi connectivity index (χ3n) is 23.7. The Morgan fingerprint density at radius 1 is 0.362 bits per heavy atom. The molecule has 3 aliphatic carbocycles. The second-order valence-corrected chi connectivity index (χ2v) is 44.4. The zero-order valence-electron chi connectivity index (χ0n) is 78.7. The summed E-state index contributed by atoms with van der Waals surface area (Å²) in [5, 5.41) is 88.9. The molecule has 11 aromatic rings. The minimum atomic E-state index is -3.83. The molecule has 26 nitrogen and oxygen atoms in total. The summed E-state index contributed by atoms with van der Waals surface area (Å²) >= 11 is 27.4. The highest BCUT2D eigenvalue weighted by Crippen LogP contribution is 2.57. The summed E-state index contributed by atoms with van der Waals surface area (Å²) in [6.07, 6.45) is 8.51. The largest absolute Gasteiger partial charge is 0.493 e. The van der Waals surface area contributed by atoms with Crippen molar-refractivity contribution in [1.29, 1.82) is 0 Å². The minimum absolute atomic E-state index is 0.0167. The molecule has 764 valence electrons. The SMILES string of the molecule is CC(C)(c1cc(Br)c(OCCO)c(Br)c1)c1cc(Br)c(OCCO)c(Br)c1.CC1CC(CC2CCC(N)C(C)C2)CCC1N.COc1ccccc1OCC(O)CO.O=S(=O)(c1cc(Br)c(OCCO)c(Br)c1)c1cc(Br)c(OCCO)c(Br)c1.O=S(=O)(c1ccc(OCCO)cc1)c1ccc(OCCO)cc1.OCCOc1ccc(C2(c3ccc(OCCO)cc3)c3ccccc3-c3ccccc32)cc1. The lowest BCUT2D eigenvalue weighted by atomic mass is 9.68. The first-order valence-electron chi connectivity index (χ1n) is 45.7. The molecule has 0 saturated heterocycles. The maximum Gasteiger partial charge on any atom is 0.206 e. The van der Waals surface area contributed by atoms with Crippen molar-refractivity contribution >= 4 is 147 Å². The molecule has 7 atom stereocenters. The number of nitrogens with two attached hydrogens (primary N) is 2. The Morgan fingerprint density at radius 2 is 0.638 bits per heavy atom. The molecule has 0 spiro atoms. The first-order valence-corrected chi connectivity index (χ1v) is 55.0. The summed E-state index contributed by atoms with van der Waals surface area (Å²) < 4.78 is 110. The number of aliphatic hydroxyl groups excluding tert-OH is 10. The van der Waals surface area contributed by atoms with Crippen LogP contribution >= 0.6 is 127 Å². The number of ether oxygens (including phenoxy) is 10. The third kappa shape index (κ3) is 32.3. The smallest absolute Gasteiger partial charge is 0.206 e. The molecule has 0 aliphatic heterocycles. The average Bonchev–Trinajstić information content (AvgIpc) is 1.51. The molecule has 14 rings (SSSR count). The van der Waals surface area contributed by atoms with Gasteiger partial charge in [0.2, 0.25) is 19.7 Å². The summed E-state index contributed by atoms with van der Waals surface area (Å²) in [6.45, 7) is 9.49. The molecule has 0 amide bonds. The highest BCUT2D eigenvalue weighted by atomic mass is 79.9. The Balaban J connectivity index is 0.000000193.